The minimum Gasteiger partial charge on any atom is -0.489 e. The number of carbonyl (C=O) groups excluding carboxylic acids is 5. The summed E-state index contributed by atoms with van der Waals surface area (Å²) in [5.74, 6) is -0.777. The number of benzene rings is 3. The third-order valence-corrected chi connectivity index (χ3v) is 18.6. The summed E-state index contributed by atoms with van der Waals surface area (Å²) in [7, 11) is -3.63. The van der Waals surface area contributed by atoms with Gasteiger partial charge in [-0.1, -0.05) is 73.9 Å². The Labute approximate surface area is 507 Å². The summed E-state index contributed by atoms with van der Waals surface area (Å²) < 4.78 is 38.5. The van der Waals surface area contributed by atoms with Gasteiger partial charge in [0.05, 0.1) is 62.5 Å². The van der Waals surface area contributed by atoms with Gasteiger partial charge in [-0.15, -0.1) is 11.3 Å². The van der Waals surface area contributed by atoms with Gasteiger partial charge in [-0.25, -0.2) is 18.4 Å². The first kappa shape index (κ1) is 65.2. The number of hydrogen-bond acceptors (Lipinski definition) is 16. The van der Waals surface area contributed by atoms with Gasteiger partial charge in [-0.2, -0.15) is 4.98 Å². The summed E-state index contributed by atoms with van der Waals surface area (Å²) in [6.07, 6.45) is 3.29. The van der Waals surface area contributed by atoms with Gasteiger partial charge in [0.15, 0.2) is 15.7 Å². The number of rotatable bonds is 25. The molecule has 2 fully saturated rings. The number of amides is 4. The minimum atomic E-state index is -3.63. The Balaban J connectivity index is 0.950. The molecule has 3 aromatic carbocycles. The number of carbonyl (C=O) groups is 5. The summed E-state index contributed by atoms with van der Waals surface area (Å²) in [5, 5.41) is 15.5. The number of sulfone groups is 1. The molecule has 0 saturated carbocycles. The van der Waals surface area contributed by atoms with Crippen LogP contribution in [0.15, 0.2) is 82.4 Å². The highest BCUT2D eigenvalue weighted by Crippen LogP contribution is 2.39. The van der Waals surface area contributed by atoms with E-state index in [0.29, 0.717) is 55.9 Å². The van der Waals surface area contributed by atoms with Crippen molar-refractivity contribution in [2.24, 2.45) is 10.5 Å². The average molecular weight is 1220 g/mol. The Hall–Kier alpha value is -7.33. The molecule has 5 aromatic rings. The van der Waals surface area contributed by atoms with Crippen LogP contribution in [0.3, 0.4) is 0 Å². The monoisotopic (exact) mass is 1220 g/mol. The van der Waals surface area contributed by atoms with Crippen molar-refractivity contribution in [3.8, 4) is 16.2 Å². The molecule has 0 aliphatic carbocycles. The van der Waals surface area contributed by atoms with Gasteiger partial charge < -0.3 is 40.5 Å². The number of thiazole rings is 1. The van der Waals surface area contributed by atoms with Crippen LogP contribution < -0.4 is 26.0 Å². The largest absolute Gasteiger partial charge is 0.489 e. The summed E-state index contributed by atoms with van der Waals surface area (Å²) in [4.78, 5) is 90.0. The lowest BCUT2D eigenvalue weighted by molar-refractivity contribution is -0.149. The first-order valence-electron chi connectivity index (χ1n) is 28.9. The lowest BCUT2D eigenvalue weighted by Crippen LogP contribution is -2.57. The van der Waals surface area contributed by atoms with E-state index in [1.807, 2.05) is 96.7 Å². The van der Waals surface area contributed by atoms with Crippen molar-refractivity contribution in [3.05, 3.63) is 110 Å². The fraction of sp³-hybridized carbons (Fsp3) is 0.508. The number of unbranched alkanes of at least 4 members (excludes halogenated alkanes) is 1. The van der Waals surface area contributed by atoms with E-state index in [4.69, 9.17) is 26.6 Å². The molecule has 4 amide bonds. The van der Waals surface area contributed by atoms with Crippen LogP contribution in [-0.4, -0.2) is 118 Å². The van der Waals surface area contributed by atoms with Crippen LogP contribution in [0.5, 0.6) is 5.75 Å². The summed E-state index contributed by atoms with van der Waals surface area (Å²) in [5.41, 5.74) is 15.4. The van der Waals surface area contributed by atoms with Gasteiger partial charge in [0.25, 0.3) is 0 Å². The molecule has 21 nitrogen and oxygen atoms in total. The van der Waals surface area contributed by atoms with Gasteiger partial charge in [0, 0.05) is 50.2 Å². The van der Waals surface area contributed by atoms with Crippen molar-refractivity contribution in [2.75, 3.05) is 36.8 Å². The van der Waals surface area contributed by atoms with Gasteiger partial charge >= 0.3 is 5.97 Å². The van der Waals surface area contributed by atoms with E-state index in [9.17, 15) is 32.4 Å². The zero-order valence-electron chi connectivity index (χ0n) is 50.1. The maximum Gasteiger partial charge on any atom is 0.306 e. The van der Waals surface area contributed by atoms with Crippen LogP contribution in [-0.2, 0) is 38.5 Å². The molecular formula is C61H79ClN12O9S2. The standard InChI is InChI=1S/C61H79ClN12O9S2/c1-36(2)82-50-32-45(38(5)30-48(50)69-60-64-33-46(62)57(71-60)68-47-16-11-12-17-51(47)85(80,81)37(3)4)42-25-28-73(29-26-42)53(76)19-15-18-52(75)70-56(61(8,9)10)59(79)74-34-44(83-54(77)20-13-14-27-66-72-63)31-49(74)58(78)67-39(6)41-21-23-43(24-22-41)55-40(7)65-35-84-55/h11-12,16-17,21-24,30,32-33,35-37,39,42,44,49,56H,13-15,18-20,25-29,31,34H2,1-10H3,(H,67,78)(H,70,75)(H2,64,68,69,71)/t39-,44+,49-,56+/m0/s1. The van der Waals surface area contributed by atoms with Crippen LogP contribution >= 0.6 is 22.9 Å². The lowest BCUT2D eigenvalue weighted by Gasteiger charge is -2.35. The van der Waals surface area contributed by atoms with E-state index >= 15 is 0 Å². The first-order valence-corrected chi connectivity index (χ1v) is 31.7. The highest BCUT2D eigenvalue weighted by molar-refractivity contribution is 7.92. The molecule has 0 bridgehead atoms. The molecule has 2 saturated heterocycles. The number of para-hydroxylation sites is 1. The van der Waals surface area contributed by atoms with Crippen molar-refractivity contribution in [1.29, 1.82) is 0 Å². The number of likely N-dealkylation sites (tertiary alicyclic amines) is 2. The first-order chi connectivity index (χ1) is 40.3. The Morgan fingerprint density at radius 1 is 0.894 bits per heavy atom. The van der Waals surface area contributed by atoms with Gasteiger partial charge in [-0.3, -0.25) is 24.0 Å². The Kier molecular flexibility index (Phi) is 22.4. The normalized spacial score (nSPS) is 16.3. The fourth-order valence-electron chi connectivity index (χ4n) is 10.5. The molecule has 4 atom stereocenters. The molecule has 2 aliphatic heterocycles. The van der Waals surface area contributed by atoms with Crippen molar-refractivity contribution in [2.45, 2.75) is 173 Å². The quantitative estimate of drug-likeness (QED) is 0.0139. The molecule has 24 heteroatoms. The Morgan fingerprint density at radius 3 is 2.27 bits per heavy atom. The molecule has 0 unspecified atom stereocenters. The Morgan fingerprint density at radius 2 is 1.61 bits per heavy atom. The van der Waals surface area contributed by atoms with Crippen LogP contribution in [0.4, 0.5) is 23.1 Å². The predicted octanol–water partition coefficient (Wildman–Crippen LogP) is 11.6. The number of aryl methyl sites for hydroxylation is 2. The SMILES string of the molecule is Cc1cc(Nc2ncc(Cl)c(Nc3ccccc3S(=O)(=O)C(C)C)n2)c(OC(C)C)cc1C1CCN(C(=O)CCCC(=O)N[C@H](C(=O)N2C[C@H](OC(=O)CCCCN=[N+]=[N-])C[C@H]2C(=O)N[C@@H](C)c2ccc(-c3scnc3C)cc2)C(C)(C)C)CC1. The van der Waals surface area contributed by atoms with E-state index in [0.717, 1.165) is 32.8 Å². The third kappa shape index (κ3) is 17.2. The molecule has 0 spiro atoms. The number of aromatic nitrogens is 3. The highest BCUT2D eigenvalue weighted by Gasteiger charge is 2.46. The predicted molar refractivity (Wildman–Crippen MR) is 330 cm³/mol. The zero-order chi connectivity index (χ0) is 61.8. The van der Waals surface area contributed by atoms with Crippen molar-refractivity contribution in [3.63, 3.8) is 0 Å². The van der Waals surface area contributed by atoms with Gasteiger partial charge in [-0.05, 0) is 144 Å². The second-order valence-electron chi connectivity index (χ2n) is 23.4. The van der Waals surface area contributed by atoms with Crippen LogP contribution in [0, 0.1) is 19.3 Å². The summed E-state index contributed by atoms with van der Waals surface area (Å²) >= 11 is 8.09. The second kappa shape index (κ2) is 29.2. The zero-order valence-corrected chi connectivity index (χ0v) is 52.5. The number of nitrogens with one attached hydrogen (secondary N) is 4. The minimum absolute atomic E-state index is 0.0154. The molecule has 2 aliphatic rings. The lowest BCUT2D eigenvalue weighted by atomic mass is 9.85. The Bertz CT molecular complexity index is 3360. The molecule has 4 N–H and O–H groups in total. The molecule has 2 aromatic heterocycles. The molecule has 4 heterocycles. The summed E-state index contributed by atoms with van der Waals surface area (Å²) in [6, 6.07) is 15.9. The van der Waals surface area contributed by atoms with Crippen molar-refractivity contribution in [1.82, 2.24) is 35.4 Å². The average Bonchev–Trinajstić information content (AvgIpc) is 3.05. The van der Waals surface area contributed by atoms with E-state index in [2.05, 4.69) is 46.2 Å². The van der Waals surface area contributed by atoms with E-state index < -0.39 is 68.4 Å². The van der Waals surface area contributed by atoms with Crippen LogP contribution in [0.2, 0.25) is 5.02 Å². The maximum absolute atomic E-state index is 14.7. The molecule has 456 valence electrons. The number of nitrogens with zero attached hydrogens (tertiary/aromatic N) is 8. The second-order valence-corrected chi connectivity index (χ2v) is 27.1. The number of esters is 1. The molecular weight excluding hydrogens is 1140 g/mol. The van der Waals surface area contributed by atoms with E-state index in [1.54, 1.807) is 55.0 Å². The van der Waals surface area contributed by atoms with E-state index in [-0.39, 0.29) is 84.8 Å². The number of piperidine rings is 1. The van der Waals surface area contributed by atoms with Crippen molar-refractivity contribution < 1.29 is 41.9 Å². The van der Waals surface area contributed by atoms with Gasteiger partial charge in [0.1, 0.15) is 29.0 Å². The van der Waals surface area contributed by atoms with Gasteiger partial charge in [0.2, 0.25) is 29.6 Å². The topological polar surface area (TPSA) is 280 Å². The van der Waals surface area contributed by atoms with Crippen LogP contribution in [0.25, 0.3) is 20.9 Å². The molecule has 0 radical (unpaired) electrons. The highest BCUT2D eigenvalue weighted by atomic mass is 35.5. The fourth-order valence-corrected chi connectivity index (χ4v) is 12.6. The van der Waals surface area contributed by atoms with Crippen LogP contribution in [0.1, 0.15) is 148 Å². The third-order valence-electron chi connectivity index (χ3n) is 15.2. The summed E-state index contributed by atoms with van der Waals surface area (Å²) in [6.45, 7) is 19.6. The van der Waals surface area contributed by atoms with Crippen molar-refractivity contribution >= 4 is 85.5 Å². The number of anilines is 4. The molecule has 7 rings (SSSR count). The number of azide groups is 1. The maximum atomic E-state index is 14.7. The number of ether oxygens (including phenoxy) is 2. The number of hydrogen-bond donors (Lipinski definition) is 4. The smallest absolute Gasteiger partial charge is 0.306 e. The van der Waals surface area contributed by atoms with E-state index in [1.165, 1.54) is 11.1 Å². The number of halogens is 1. The molecule has 85 heavy (non-hydrogen) atoms.